The lowest BCUT2D eigenvalue weighted by Gasteiger charge is -2.29. The number of para-hydroxylation sites is 1. The van der Waals surface area contributed by atoms with Gasteiger partial charge in [-0.05, 0) is 62.4 Å². The predicted molar refractivity (Wildman–Crippen MR) is 133 cm³/mol. The van der Waals surface area contributed by atoms with E-state index in [1.54, 1.807) is 7.11 Å². The van der Waals surface area contributed by atoms with Crippen molar-refractivity contribution in [2.45, 2.75) is 44.7 Å². The molecular formula is C26H33N5O2. The molecule has 2 N–H and O–H groups in total. The van der Waals surface area contributed by atoms with E-state index in [4.69, 9.17) is 14.7 Å². The molecular weight excluding hydrogens is 414 g/mol. The van der Waals surface area contributed by atoms with Gasteiger partial charge in [0.25, 0.3) is 0 Å². The third-order valence-electron chi connectivity index (χ3n) is 6.41. The SMILES string of the molecule is COc1ccc([C@H](C)NC(=O)C2CCC(Nc3nc(N(C)C)c4ccccc4n3)CC2)cc1. The Morgan fingerprint density at radius 1 is 1.03 bits per heavy atom. The van der Waals surface area contributed by atoms with Crippen LogP contribution in [0.5, 0.6) is 5.75 Å². The quantitative estimate of drug-likeness (QED) is 0.553. The lowest BCUT2D eigenvalue weighted by molar-refractivity contribution is -0.126. The molecule has 1 saturated carbocycles. The first kappa shape index (κ1) is 22.8. The van der Waals surface area contributed by atoms with Crippen molar-refractivity contribution in [3.8, 4) is 5.75 Å². The van der Waals surface area contributed by atoms with Gasteiger partial charge in [0.1, 0.15) is 11.6 Å². The summed E-state index contributed by atoms with van der Waals surface area (Å²) >= 11 is 0. The second-order valence-corrected chi connectivity index (χ2v) is 8.98. The molecule has 7 nitrogen and oxygen atoms in total. The minimum absolute atomic E-state index is 0.0327. The molecule has 33 heavy (non-hydrogen) atoms. The van der Waals surface area contributed by atoms with E-state index in [2.05, 4.69) is 10.6 Å². The van der Waals surface area contributed by atoms with Gasteiger partial charge < -0.3 is 20.3 Å². The van der Waals surface area contributed by atoms with Crippen molar-refractivity contribution in [1.29, 1.82) is 0 Å². The minimum atomic E-state index is -0.0327. The van der Waals surface area contributed by atoms with Crippen LogP contribution in [-0.4, -0.2) is 43.1 Å². The van der Waals surface area contributed by atoms with E-state index in [1.165, 1.54) is 0 Å². The number of nitrogens with zero attached hydrogens (tertiary/aromatic N) is 3. The summed E-state index contributed by atoms with van der Waals surface area (Å²) in [4.78, 5) is 24.3. The van der Waals surface area contributed by atoms with Crippen LogP contribution in [-0.2, 0) is 4.79 Å². The number of rotatable bonds is 7. The van der Waals surface area contributed by atoms with Crippen molar-refractivity contribution >= 4 is 28.6 Å². The largest absolute Gasteiger partial charge is 0.497 e. The average Bonchev–Trinajstić information content (AvgIpc) is 2.84. The summed E-state index contributed by atoms with van der Waals surface area (Å²) in [5, 5.41) is 7.73. The van der Waals surface area contributed by atoms with Crippen LogP contribution in [0.4, 0.5) is 11.8 Å². The van der Waals surface area contributed by atoms with Gasteiger partial charge >= 0.3 is 0 Å². The average molecular weight is 448 g/mol. The van der Waals surface area contributed by atoms with Gasteiger partial charge in [-0.1, -0.05) is 24.3 Å². The number of benzene rings is 2. The van der Waals surface area contributed by atoms with Crippen LogP contribution in [0.3, 0.4) is 0 Å². The summed E-state index contributed by atoms with van der Waals surface area (Å²) in [5.74, 6) is 2.55. The predicted octanol–water partition coefficient (Wildman–Crippen LogP) is 4.55. The van der Waals surface area contributed by atoms with Crippen molar-refractivity contribution in [3.05, 3.63) is 54.1 Å². The van der Waals surface area contributed by atoms with Crippen molar-refractivity contribution in [2.24, 2.45) is 5.92 Å². The van der Waals surface area contributed by atoms with Crippen LogP contribution in [0.2, 0.25) is 0 Å². The van der Waals surface area contributed by atoms with Crippen molar-refractivity contribution in [2.75, 3.05) is 31.4 Å². The van der Waals surface area contributed by atoms with E-state index in [1.807, 2.05) is 74.4 Å². The van der Waals surface area contributed by atoms with Crippen LogP contribution in [0, 0.1) is 5.92 Å². The number of carbonyl (C=O) groups is 1. The van der Waals surface area contributed by atoms with E-state index in [-0.39, 0.29) is 23.9 Å². The Balaban J connectivity index is 1.33. The molecule has 1 aliphatic carbocycles. The third kappa shape index (κ3) is 5.35. The molecule has 1 heterocycles. The van der Waals surface area contributed by atoms with Gasteiger partial charge in [0, 0.05) is 31.4 Å². The van der Waals surface area contributed by atoms with E-state index in [0.29, 0.717) is 5.95 Å². The lowest BCUT2D eigenvalue weighted by Crippen LogP contribution is -2.37. The third-order valence-corrected chi connectivity index (χ3v) is 6.41. The Morgan fingerprint density at radius 3 is 2.39 bits per heavy atom. The normalized spacial score (nSPS) is 19.0. The molecule has 1 aliphatic rings. The van der Waals surface area contributed by atoms with Gasteiger partial charge in [-0.2, -0.15) is 4.98 Å². The number of nitrogens with one attached hydrogen (secondary N) is 2. The molecule has 1 atom stereocenters. The summed E-state index contributed by atoms with van der Waals surface area (Å²) in [7, 11) is 5.64. The molecule has 7 heteroatoms. The first-order valence-corrected chi connectivity index (χ1v) is 11.6. The Hall–Kier alpha value is -3.35. The first-order valence-electron chi connectivity index (χ1n) is 11.6. The smallest absolute Gasteiger partial charge is 0.225 e. The molecule has 0 bridgehead atoms. The van der Waals surface area contributed by atoms with Crippen molar-refractivity contribution in [3.63, 3.8) is 0 Å². The maximum absolute atomic E-state index is 12.8. The number of aromatic nitrogens is 2. The first-order chi connectivity index (χ1) is 15.9. The maximum Gasteiger partial charge on any atom is 0.225 e. The summed E-state index contributed by atoms with van der Waals surface area (Å²) < 4.78 is 5.21. The highest BCUT2D eigenvalue weighted by Gasteiger charge is 2.27. The zero-order valence-electron chi connectivity index (χ0n) is 19.8. The number of fused-ring (bicyclic) bond motifs is 1. The van der Waals surface area contributed by atoms with Gasteiger partial charge in [-0.25, -0.2) is 4.98 Å². The number of hydrogen-bond donors (Lipinski definition) is 2. The van der Waals surface area contributed by atoms with Crippen LogP contribution in [0.1, 0.15) is 44.2 Å². The van der Waals surface area contributed by atoms with Gasteiger partial charge in [-0.3, -0.25) is 4.79 Å². The fraction of sp³-hybridized carbons (Fsp3) is 0.423. The van der Waals surface area contributed by atoms with Gasteiger partial charge in [0.05, 0.1) is 18.7 Å². The molecule has 2 aromatic carbocycles. The molecule has 0 spiro atoms. The topological polar surface area (TPSA) is 79.4 Å². The molecule has 1 amide bonds. The highest BCUT2D eigenvalue weighted by molar-refractivity contribution is 5.90. The second-order valence-electron chi connectivity index (χ2n) is 8.98. The van der Waals surface area contributed by atoms with Crippen LogP contribution in [0.25, 0.3) is 10.9 Å². The molecule has 0 unspecified atom stereocenters. The summed E-state index contributed by atoms with van der Waals surface area (Å²) in [5.41, 5.74) is 2.00. The summed E-state index contributed by atoms with van der Waals surface area (Å²) in [6.07, 6.45) is 3.55. The number of ether oxygens (including phenoxy) is 1. The Kier molecular flexibility index (Phi) is 6.96. The molecule has 0 saturated heterocycles. The Bertz CT molecular complexity index is 1090. The number of methoxy groups -OCH3 is 1. The zero-order chi connectivity index (χ0) is 23.4. The molecule has 1 aromatic heterocycles. The van der Waals surface area contributed by atoms with Gasteiger partial charge in [-0.15, -0.1) is 0 Å². The number of anilines is 2. The molecule has 3 aromatic rings. The molecule has 4 rings (SSSR count). The Morgan fingerprint density at radius 2 is 1.73 bits per heavy atom. The van der Waals surface area contributed by atoms with E-state index in [0.717, 1.165) is 53.7 Å². The summed E-state index contributed by atoms with van der Waals surface area (Å²) in [6, 6.07) is 16.1. The fourth-order valence-electron chi connectivity index (χ4n) is 4.45. The zero-order valence-corrected chi connectivity index (χ0v) is 19.8. The minimum Gasteiger partial charge on any atom is -0.497 e. The van der Waals surface area contributed by atoms with Crippen LogP contribution < -0.4 is 20.3 Å². The molecule has 1 fully saturated rings. The van der Waals surface area contributed by atoms with Gasteiger partial charge in [0.2, 0.25) is 11.9 Å². The second kappa shape index (κ2) is 10.1. The van der Waals surface area contributed by atoms with E-state index < -0.39 is 0 Å². The molecule has 174 valence electrons. The number of hydrogen-bond acceptors (Lipinski definition) is 6. The van der Waals surface area contributed by atoms with Crippen molar-refractivity contribution in [1.82, 2.24) is 15.3 Å². The van der Waals surface area contributed by atoms with E-state index >= 15 is 0 Å². The molecule has 0 radical (unpaired) electrons. The Labute approximate surface area is 195 Å². The monoisotopic (exact) mass is 447 g/mol. The number of carbonyl (C=O) groups excluding carboxylic acids is 1. The van der Waals surface area contributed by atoms with Gasteiger partial charge in [0.15, 0.2) is 0 Å². The van der Waals surface area contributed by atoms with E-state index in [9.17, 15) is 4.79 Å². The fourth-order valence-corrected chi connectivity index (χ4v) is 4.45. The highest BCUT2D eigenvalue weighted by Crippen LogP contribution is 2.29. The standard InChI is InChI=1S/C26H33N5O2/c1-17(18-11-15-21(33-4)16-12-18)27-25(32)19-9-13-20(14-10-19)28-26-29-23-8-6-5-7-22(23)24(30-26)31(2)3/h5-8,11-12,15-17,19-20H,9-10,13-14H2,1-4H3,(H,27,32)(H,28,29,30)/t17-,19?,20?/m0/s1. The molecule has 0 aliphatic heterocycles. The number of amides is 1. The van der Waals surface area contributed by atoms with Crippen molar-refractivity contribution < 1.29 is 9.53 Å². The van der Waals surface area contributed by atoms with Crippen LogP contribution in [0.15, 0.2) is 48.5 Å². The summed E-state index contributed by atoms with van der Waals surface area (Å²) in [6.45, 7) is 2.02. The maximum atomic E-state index is 12.8. The van der Waals surface area contributed by atoms with Crippen LogP contribution >= 0.6 is 0 Å². The highest BCUT2D eigenvalue weighted by atomic mass is 16.5. The lowest BCUT2D eigenvalue weighted by atomic mass is 9.85.